The lowest BCUT2D eigenvalue weighted by atomic mass is 10.0. The van der Waals surface area contributed by atoms with Gasteiger partial charge in [-0.2, -0.15) is 4.98 Å². The van der Waals surface area contributed by atoms with Crippen LogP contribution in [0.5, 0.6) is 0 Å². The highest BCUT2D eigenvalue weighted by atomic mass is 35.5. The second-order valence-electron chi connectivity index (χ2n) is 5.90. The monoisotopic (exact) mass is 419 g/mol. The van der Waals surface area contributed by atoms with Crippen molar-refractivity contribution in [1.29, 1.82) is 0 Å². The summed E-state index contributed by atoms with van der Waals surface area (Å²) in [6, 6.07) is 4.69. The lowest BCUT2D eigenvalue weighted by Gasteiger charge is -2.33. The maximum Gasteiger partial charge on any atom is 0.241 e. The second kappa shape index (κ2) is 9.53. The number of amides is 1. The van der Waals surface area contributed by atoms with Crippen LogP contribution in [-0.2, 0) is 17.9 Å². The normalized spacial score (nSPS) is 17.6. The molecular formula is C16H20Cl3N5O2. The molecule has 0 bridgehead atoms. The number of halogens is 3. The van der Waals surface area contributed by atoms with Crippen molar-refractivity contribution in [2.45, 2.75) is 38.4 Å². The highest BCUT2D eigenvalue weighted by Gasteiger charge is 2.30. The summed E-state index contributed by atoms with van der Waals surface area (Å²) in [6.07, 6.45) is 2.76. The van der Waals surface area contributed by atoms with Gasteiger partial charge in [0.15, 0.2) is 5.82 Å². The fourth-order valence-corrected chi connectivity index (χ4v) is 3.24. The standard InChI is InChI=1S/C16H19Cl2N5O2.ClH/c17-10-4-5-11(18)12(7-10)20-16(24)13-3-1-2-6-23(13)9-14-21-15(8-19)25-22-14;/h4-5,7,13H,1-3,6,8-9,19H2,(H,20,24);1H. The van der Waals surface area contributed by atoms with E-state index in [-0.39, 0.29) is 30.9 Å². The summed E-state index contributed by atoms with van der Waals surface area (Å²) < 4.78 is 5.03. The van der Waals surface area contributed by atoms with Crippen LogP contribution in [0.25, 0.3) is 0 Å². The molecule has 2 heterocycles. The molecule has 1 aliphatic rings. The minimum Gasteiger partial charge on any atom is -0.338 e. The number of carbonyl (C=O) groups is 1. The van der Waals surface area contributed by atoms with E-state index in [4.69, 9.17) is 33.5 Å². The lowest BCUT2D eigenvalue weighted by molar-refractivity contribution is -0.122. The van der Waals surface area contributed by atoms with Crippen LogP contribution in [0, 0.1) is 0 Å². The second-order valence-corrected chi connectivity index (χ2v) is 6.75. The average Bonchev–Trinajstić information content (AvgIpc) is 3.06. The fraction of sp³-hybridized carbons (Fsp3) is 0.438. The Morgan fingerprint density at radius 3 is 2.92 bits per heavy atom. The van der Waals surface area contributed by atoms with Gasteiger partial charge in [0, 0.05) is 5.02 Å². The summed E-state index contributed by atoms with van der Waals surface area (Å²) in [7, 11) is 0. The molecule has 1 unspecified atom stereocenters. The van der Waals surface area contributed by atoms with Crippen LogP contribution in [0.2, 0.25) is 10.0 Å². The summed E-state index contributed by atoms with van der Waals surface area (Å²) in [5, 5.41) is 7.74. The van der Waals surface area contributed by atoms with Gasteiger partial charge in [0.1, 0.15) is 0 Å². The van der Waals surface area contributed by atoms with Crippen molar-refractivity contribution < 1.29 is 9.32 Å². The van der Waals surface area contributed by atoms with Crippen molar-refractivity contribution in [2.75, 3.05) is 11.9 Å². The van der Waals surface area contributed by atoms with E-state index < -0.39 is 0 Å². The Kier molecular flexibility index (Phi) is 7.67. The first-order valence-corrected chi connectivity index (χ1v) is 8.84. The molecule has 1 aromatic carbocycles. The van der Waals surface area contributed by atoms with E-state index in [0.29, 0.717) is 34.0 Å². The summed E-state index contributed by atoms with van der Waals surface area (Å²) in [5.74, 6) is 0.797. The molecule has 1 amide bonds. The molecule has 26 heavy (non-hydrogen) atoms. The Bertz CT molecular complexity index is 755. The largest absolute Gasteiger partial charge is 0.338 e. The number of nitrogens with one attached hydrogen (secondary N) is 1. The van der Waals surface area contributed by atoms with E-state index in [2.05, 4.69) is 15.5 Å². The zero-order chi connectivity index (χ0) is 17.8. The summed E-state index contributed by atoms with van der Waals surface area (Å²) in [4.78, 5) is 19.0. The maximum atomic E-state index is 12.8. The molecule has 0 spiro atoms. The van der Waals surface area contributed by atoms with E-state index in [1.54, 1.807) is 18.2 Å². The zero-order valence-corrected chi connectivity index (χ0v) is 16.3. The summed E-state index contributed by atoms with van der Waals surface area (Å²) >= 11 is 12.1. The maximum absolute atomic E-state index is 12.8. The number of hydrogen-bond acceptors (Lipinski definition) is 6. The average molecular weight is 421 g/mol. The number of benzene rings is 1. The molecule has 0 radical (unpaired) electrons. The quantitative estimate of drug-likeness (QED) is 0.770. The van der Waals surface area contributed by atoms with E-state index in [0.717, 1.165) is 25.8 Å². The number of carbonyl (C=O) groups excluding carboxylic acids is 1. The van der Waals surface area contributed by atoms with Gasteiger partial charge in [-0.15, -0.1) is 12.4 Å². The number of piperidine rings is 1. The van der Waals surface area contributed by atoms with Gasteiger partial charge in [-0.25, -0.2) is 0 Å². The zero-order valence-electron chi connectivity index (χ0n) is 14.0. The smallest absolute Gasteiger partial charge is 0.241 e. The van der Waals surface area contributed by atoms with Gasteiger partial charge in [0.2, 0.25) is 11.8 Å². The van der Waals surface area contributed by atoms with Gasteiger partial charge in [0.05, 0.1) is 29.8 Å². The number of hydrogen-bond donors (Lipinski definition) is 2. The van der Waals surface area contributed by atoms with Crippen LogP contribution in [0.4, 0.5) is 5.69 Å². The molecule has 0 aliphatic carbocycles. The van der Waals surface area contributed by atoms with Crippen molar-refractivity contribution >= 4 is 47.2 Å². The molecule has 3 N–H and O–H groups in total. The van der Waals surface area contributed by atoms with Crippen LogP contribution < -0.4 is 11.1 Å². The molecule has 1 aliphatic heterocycles. The van der Waals surface area contributed by atoms with Crippen LogP contribution in [0.15, 0.2) is 22.7 Å². The Labute approximate surface area is 167 Å². The Morgan fingerprint density at radius 2 is 2.19 bits per heavy atom. The summed E-state index contributed by atoms with van der Waals surface area (Å²) in [6.45, 7) is 1.42. The van der Waals surface area contributed by atoms with Crippen LogP contribution in [-0.4, -0.2) is 33.5 Å². The highest BCUT2D eigenvalue weighted by molar-refractivity contribution is 6.35. The molecule has 2 aromatic rings. The molecule has 7 nitrogen and oxygen atoms in total. The van der Waals surface area contributed by atoms with E-state index in [1.807, 2.05) is 4.90 Å². The Morgan fingerprint density at radius 1 is 1.38 bits per heavy atom. The molecule has 1 aromatic heterocycles. The molecule has 1 atom stereocenters. The SMILES string of the molecule is Cl.NCc1nc(CN2CCCCC2C(=O)Nc2cc(Cl)ccc2Cl)no1. The first-order valence-electron chi connectivity index (χ1n) is 8.08. The van der Waals surface area contributed by atoms with Gasteiger partial charge >= 0.3 is 0 Å². The predicted molar refractivity (Wildman–Crippen MR) is 103 cm³/mol. The lowest BCUT2D eigenvalue weighted by Crippen LogP contribution is -2.46. The Balaban J connectivity index is 0.00000243. The van der Waals surface area contributed by atoms with Crippen molar-refractivity contribution in [3.63, 3.8) is 0 Å². The van der Waals surface area contributed by atoms with Crippen molar-refractivity contribution in [1.82, 2.24) is 15.0 Å². The van der Waals surface area contributed by atoms with Gasteiger partial charge < -0.3 is 15.6 Å². The fourth-order valence-electron chi connectivity index (χ4n) is 2.91. The molecule has 1 fully saturated rings. The molecule has 10 heteroatoms. The van der Waals surface area contributed by atoms with E-state index in [9.17, 15) is 4.79 Å². The number of nitrogens with zero attached hydrogens (tertiary/aromatic N) is 3. The van der Waals surface area contributed by atoms with Crippen LogP contribution in [0.1, 0.15) is 31.0 Å². The Hall–Kier alpha value is -1.38. The predicted octanol–water partition coefficient (Wildman–Crippen LogP) is 3.25. The number of anilines is 1. The van der Waals surface area contributed by atoms with Crippen LogP contribution in [0.3, 0.4) is 0 Å². The molecule has 1 saturated heterocycles. The van der Waals surface area contributed by atoms with Gasteiger partial charge in [-0.1, -0.05) is 34.8 Å². The topological polar surface area (TPSA) is 97.3 Å². The van der Waals surface area contributed by atoms with Crippen molar-refractivity contribution in [2.24, 2.45) is 5.73 Å². The first-order chi connectivity index (χ1) is 12.1. The third kappa shape index (κ3) is 5.08. The molecule has 3 rings (SSSR count). The molecule has 0 saturated carbocycles. The number of aromatic nitrogens is 2. The number of rotatable bonds is 5. The van der Waals surface area contributed by atoms with E-state index >= 15 is 0 Å². The van der Waals surface area contributed by atoms with E-state index in [1.165, 1.54) is 0 Å². The van der Waals surface area contributed by atoms with Crippen LogP contribution >= 0.6 is 35.6 Å². The number of likely N-dealkylation sites (tertiary alicyclic amines) is 1. The highest BCUT2D eigenvalue weighted by Crippen LogP contribution is 2.27. The molecule has 142 valence electrons. The third-order valence-electron chi connectivity index (χ3n) is 4.13. The summed E-state index contributed by atoms with van der Waals surface area (Å²) in [5.41, 5.74) is 6.00. The third-order valence-corrected chi connectivity index (χ3v) is 4.70. The van der Waals surface area contributed by atoms with Gasteiger partial charge in [-0.3, -0.25) is 9.69 Å². The first kappa shape index (κ1) is 20.9. The molecular weight excluding hydrogens is 401 g/mol. The van der Waals surface area contributed by atoms with Gasteiger partial charge in [-0.05, 0) is 37.6 Å². The van der Waals surface area contributed by atoms with Gasteiger partial charge in [0.25, 0.3) is 0 Å². The minimum atomic E-state index is -0.288. The minimum absolute atomic E-state index is 0. The number of nitrogens with two attached hydrogens (primary N) is 1. The van der Waals surface area contributed by atoms with Crippen molar-refractivity contribution in [3.8, 4) is 0 Å². The van der Waals surface area contributed by atoms with Crippen molar-refractivity contribution in [3.05, 3.63) is 40.0 Å².